The molecule has 4 saturated heterocycles. The first-order valence-corrected chi connectivity index (χ1v) is 23.5. The van der Waals surface area contributed by atoms with Crippen molar-refractivity contribution in [2.45, 2.75) is 114 Å². The van der Waals surface area contributed by atoms with Gasteiger partial charge in [0.15, 0.2) is 0 Å². The van der Waals surface area contributed by atoms with Crippen LogP contribution in [0.1, 0.15) is 71.4 Å². The van der Waals surface area contributed by atoms with E-state index >= 15 is 0 Å². The minimum Gasteiger partial charge on any atom is -0.367 e. The minimum absolute atomic E-state index is 0.0598. The molecule has 4 aliphatic heterocycles. The van der Waals surface area contributed by atoms with Crippen LogP contribution in [-0.4, -0.2) is 117 Å². The van der Waals surface area contributed by atoms with E-state index in [1.165, 1.54) is 0 Å². The molecule has 2 aromatic rings. The monoisotopic (exact) mass is 880 g/mol. The van der Waals surface area contributed by atoms with Crippen LogP contribution in [0.4, 0.5) is 11.4 Å². The highest BCUT2D eigenvalue weighted by atomic mass is 32.2. The second kappa shape index (κ2) is 19.2. The van der Waals surface area contributed by atoms with Crippen molar-refractivity contribution in [3.63, 3.8) is 0 Å². The summed E-state index contributed by atoms with van der Waals surface area (Å²) in [5.74, 6) is 1.11. The van der Waals surface area contributed by atoms with Crippen LogP contribution in [-0.2, 0) is 32.0 Å². The van der Waals surface area contributed by atoms with Gasteiger partial charge < -0.3 is 41.7 Å². The Labute approximate surface area is 368 Å². The smallest absolute Gasteiger partial charge is 0.247 e. The standard InChI is InChI=1S/C43H60N8O4S4/c1-25(45-7)39(57)49-31-19-21-59-34-23-43(4,5)36(51(34)41(31)55)38(53)47-29-16-12-27(13-17-29)9-8-26-10-14-28(15-11-26)46-37(52)35-42(2,3)22-33-50(35)40(54)30(18-20-58-33)48-32(56)24-44-6/h10-17,25,30-31,33-36,44-45H,8-9,18-24H2,1-7H3,(H,46,52)(H,47,53)(H,48,56)(H,49,57)/t25-,30-,31-,33-,34?,35+,36+/m0/s1. The Morgan fingerprint density at radius 2 is 1.15 bits per heavy atom. The number of aryl methyl sites for hydroxylation is 2. The van der Waals surface area contributed by atoms with Crippen LogP contribution in [0.2, 0.25) is 0 Å². The maximum atomic E-state index is 14.0. The molecule has 0 aromatic heterocycles. The molecule has 6 rings (SSSR count). The third-order valence-corrected chi connectivity index (χ3v) is 15.3. The lowest BCUT2D eigenvalue weighted by Gasteiger charge is -2.34. The average Bonchev–Trinajstić information content (AvgIpc) is 3.51. The lowest BCUT2D eigenvalue weighted by Crippen LogP contribution is -2.56. The summed E-state index contributed by atoms with van der Waals surface area (Å²) >= 11 is 14.5. The molecule has 4 aliphatic rings. The highest BCUT2D eigenvalue weighted by Gasteiger charge is 2.55. The van der Waals surface area contributed by atoms with Crippen LogP contribution in [0.3, 0.4) is 0 Å². The molecule has 0 radical (unpaired) electrons. The first kappa shape index (κ1) is 45.3. The Morgan fingerprint density at radius 1 is 0.729 bits per heavy atom. The molecule has 16 heteroatoms. The molecule has 4 amide bonds. The number of anilines is 2. The Bertz CT molecular complexity index is 1890. The summed E-state index contributed by atoms with van der Waals surface area (Å²) in [7, 11) is 3.65. The summed E-state index contributed by atoms with van der Waals surface area (Å²) in [5.41, 5.74) is 2.82. The topological polar surface area (TPSA) is 147 Å². The van der Waals surface area contributed by atoms with Gasteiger partial charge in [-0.3, -0.25) is 19.2 Å². The number of benzene rings is 2. The fourth-order valence-electron chi connectivity index (χ4n) is 8.76. The maximum absolute atomic E-state index is 14.0. The van der Waals surface area contributed by atoms with Crippen LogP contribution in [0.25, 0.3) is 0 Å². The number of fused-ring (bicyclic) bond motifs is 2. The molecule has 0 spiro atoms. The third-order valence-electron chi connectivity index (χ3n) is 12.1. The van der Waals surface area contributed by atoms with Crippen molar-refractivity contribution in [2.24, 2.45) is 10.8 Å². The van der Waals surface area contributed by atoms with Gasteiger partial charge >= 0.3 is 0 Å². The molecular weight excluding hydrogens is 821 g/mol. The van der Waals surface area contributed by atoms with Crippen LogP contribution in [0.5, 0.6) is 0 Å². The number of nitrogens with one attached hydrogen (secondary N) is 6. The molecule has 1 unspecified atom stereocenters. The second-order valence-electron chi connectivity index (χ2n) is 17.5. The number of carbonyl (C=O) groups is 4. The second-order valence-corrected chi connectivity index (χ2v) is 21.0. The van der Waals surface area contributed by atoms with Crippen molar-refractivity contribution in [2.75, 3.05) is 42.8 Å². The quantitative estimate of drug-likeness (QED) is 0.152. The number of thioether (sulfide) groups is 2. The van der Waals surface area contributed by atoms with Gasteiger partial charge in [0.1, 0.15) is 24.2 Å². The van der Waals surface area contributed by atoms with E-state index in [4.69, 9.17) is 24.4 Å². The molecule has 2 aromatic carbocycles. The zero-order chi connectivity index (χ0) is 42.6. The van der Waals surface area contributed by atoms with Crippen LogP contribution < -0.4 is 31.9 Å². The number of nitrogens with zero attached hydrogens (tertiary/aromatic N) is 2. The van der Waals surface area contributed by atoms with Gasteiger partial charge in [0.05, 0.1) is 26.8 Å². The molecule has 4 heterocycles. The summed E-state index contributed by atoms with van der Waals surface area (Å²) in [6.07, 6.45) is 4.37. The summed E-state index contributed by atoms with van der Waals surface area (Å²) in [5, 5.41) is 18.8. The van der Waals surface area contributed by atoms with Gasteiger partial charge in [0, 0.05) is 17.9 Å². The van der Waals surface area contributed by atoms with Gasteiger partial charge in [0.25, 0.3) is 0 Å². The number of hydrogen-bond acceptors (Lipinski definition) is 10. The lowest BCUT2D eigenvalue weighted by molar-refractivity contribution is -0.140. The van der Waals surface area contributed by atoms with E-state index in [2.05, 4.69) is 59.6 Å². The number of carbonyl (C=O) groups excluding carboxylic acids is 4. The molecule has 59 heavy (non-hydrogen) atoms. The van der Waals surface area contributed by atoms with Gasteiger partial charge in [0.2, 0.25) is 23.6 Å². The Hall–Kier alpha value is -3.28. The van der Waals surface area contributed by atoms with Gasteiger partial charge in [-0.2, -0.15) is 0 Å². The largest absolute Gasteiger partial charge is 0.367 e. The zero-order valence-corrected chi connectivity index (χ0v) is 38.5. The highest BCUT2D eigenvalue weighted by molar-refractivity contribution is 8.00. The first-order valence-electron chi connectivity index (χ1n) is 20.6. The van der Waals surface area contributed by atoms with E-state index in [1.54, 1.807) is 33.3 Å². The van der Waals surface area contributed by atoms with Crippen molar-refractivity contribution in [1.82, 2.24) is 31.1 Å². The molecule has 12 nitrogen and oxygen atoms in total. The molecule has 4 fully saturated rings. The molecular formula is C43H60N8O4S4. The van der Waals surface area contributed by atoms with Crippen molar-refractivity contribution in [3.8, 4) is 0 Å². The number of likely N-dealkylation sites (N-methyl/N-ethyl adjacent to an activating group) is 2. The molecule has 0 bridgehead atoms. The van der Waals surface area contributed by atoms with Crippen molar-refractivity contribution < 1.29 is 19.2 Å². The van der Waals surface area contributed by atoms with Crippen LogP contribution in [0.15, 0.2) is 48.5 Å². The van der Waals surface area contributed by atoms with E-state index in [-0.39, 0.29) is 40.4 Å². The highest BCUT2D eigenvalue weighted by Crippen LogP contribution is 2.48. The van der Waals surface area contributed by atoms with Crippen molar-refractivity contribution >= 4 is 92.9 Å². The fraction of sp³-hybridized carbons (Fsp3) is 0.581. The third kappa shape index (κ3) is 10.4. The Morgan fingerprint density at radius 3 is 1.56 bits per heavy atom. The van der Waals surface area contributed by atoms with E-state index in [0.29, 0.717) is 40.7 Å². The molecule has 6 N–H and O–H groups in total. The minimum atomic E-state index is -0.614. The number of thiocarbonyl (C=S) groups is 2. The summed E-state index contributed by atoms with van der Waals surface area (Å²) in [4.78, 5) is 60.5. The maximum Gasteiger partial charge on any atom is 0.247 e. The van der Waals surface area contributed by atoms with Gasteiger partial charge in [-0.15, -0.1) is 23.5 Å². The molecule has 0 saturated carbocycles. The van der Waals surface area contributed by atoms with Crippen LogP contribution >= 0.6 is 48.0 Å². The fourth-order valence-corrected chi connectivity index (χ4v) is 12.5. The number of amides is 4. The number of hydrogen-bond donors (Lipinski definition) is 6. The first-order chi connectivity index (χ1) is 28.0. The van der Waals surface area contributed by atoms with E-state index in [1.807, 2.05) is 69.6 Å². The average molecular weight is 881 g/mol. The zero-order valence-electron chi connectivity index (χ0n) is 35.2. The van der Waals surface area contributed by atoms with E-state index in [9.17, 15) is 19.2 Å². The molecule has 320 valence electrons. The van der Waals surface area contributed by atoms with Gasteiger partial charge in [-0.05, 0) is 117 Å². The molecule has 0 aliphatic carbocycles. The lowest BCUT2D eigenvalue weighted by atomic mass is 9.84. The van der Waals surface area contributed by atoms with Gasteiger partial charge in [-0.25, -0.2) is 0 Å². The summed E-state index contributed by atoms with van der Waals surface area (Å²) in [6, 6.07) is 13.6. The van der Waals surface area contributed by atoms with Crippen molar-refractivity contribution in [1.29, 1.82) is 0 Å². The van der Waals surface area contributed by atoms with E-state index in [0.717, 1.165) is 48.3 Å². The predicted molar refractivity (Wildman–Crippen MR) is 249 cm³/mol. The Balaban J connectivity index is 1.03. The Kier molecular flexibility index (Phi) is 14.7. The van der Waals surface area contributed by atoms with E-state index < -0.39 is 35.0 Å². The van der Waals surface area contributed by atoms with Crippen molar-refractivity contribution in [3.05, 3.63) is 59.7 Å². The molecule has 7 atom stereocenters. The summed E-state index contributed by atoms with van der Waals surface area (Å²) < 4.78 is 0. The van der Waals surface area contributed by atoms with Gasteiger partial charge in [-0.1, -0.05) is 76.4 Å². The predicted octanol–water partition coefficient (Wildman–Crippen LogP) is 4.93. The van der Waals surface area contributed by atoms with Crippen LogP contribution in [0, 0.1) is 10.8 Å². The number of rotatable bonds is 13. The summed E-state index contributed by atoms with van der Waals surface area (Å²) in [6.45, 7) is 10.7. The SMILES string of the molecule is CNCC(=S)N[C@H]1CCS[C@H]2CC(C)(C)[C@@H](C(=O)Nc3ccc(CCc4ccc(NC(=O)[C@H]5N6C(=O)[C@@H](NC(=S)[C@H](C)NC)CCSC6CC5(C)C)cc4)cc3)N2C1=O. The normalized spacial score (nSPS) is 26.5.